The largest absolute Gasteiger partial charge is 0.462 e. The average molecular weight is 332 g/mol. The quantitative estimate of drug-likeness (QED) is 0.562. The Kier molecular flexibility index (Phi) is 4.27. The first-order valence-electron chi connectivity index (χ1n) is 10.1. The Morgan fingerprint density at radius 3 is 2.96 bits per heavy atom. The maximum absolute atomic E-state index is 12.6. The molecule has 6 atom stereocenters. The lowest BCUT2D eigenvalue weighted by atomic mass is 9.55. The molecule has 2 aliphatic heterocycles. The summed E-state index contributed by atoms with van der Waals surface area (Å²) in [4.78, 5) is 15.2. The molecule has 4 aliphatic rings. The fraction of sp³-hybridized carbons (Fsp3) is 0.857. The normalized spacial score (nSPS) is 46.3. The maximum Gasteiger partial charge on any atom is 0.310 e. The van der Waals surface area contributed by atoms with Crippen molar-refractivity contribution in [2.75, 3.05) is 13.1 Å². The zero-order valence-electron chi connectivity index (χ0n) is 15.4. The molecule has 0 amide bonds. The molecular weight excluding hydrogens is 298 g/mol. The molecule has 0 aromatic carbocycles. The molecule has 3 nitrogen and oxygen atoms in total. The second-order valence-electron chi connectivity index (χ2n) is 9.24. The van der Waals surface area contributed by atoms with Gasteiger partial charge in [0.15, 0.2) is 0 Å². The lowest BCUT2D eigenvalue weighted by Gasteiger charge is -2.50. The van der Waals surface area contributed by atoms with Gasteiger partial charge in [-0.25, -0.2) is 0 Å². The molecule has 0 radical (unpaired) electrons. The predicted octanol–water partition coefficient (Wildman–Crippen LogP) is 4.18. The molecule has 134 valence electrons. The summed E-state index contributed by atoms with van der Waals surface area (Å²) in [6.45, 7) is 11.2. The lowest BCUT2D eigenvalue weighted by Crippen LogP contribution is -2.47. The predicted molar refractivity (Wildman–Crippen MR) is 95.6 cm³/mol. The first kappa shape index (κ1) is 16.6. The van der Waals surface area contributed by atoms with Gasteiger partial charge in [-0.3, -0.25) is 9.69 Å². The summed E-state index contributed by atoms with van der Waals surface area (Å²) >= 11 is 0. The second kappa shape index (κ2) is 6.16. The molecule has 0 unspecified atom stereocenters. The van der Waals surface area contributed by atoms with Crippen molar-refractivity contribution >= 4 is 5.97 Å². The van der Waals surface area contributed by atoms with Crippen LogP contribution < -0.4 is 0 Å². The van der Waals surface area contributed by atoms with E-state index in [2.05, 4.69) is 25.3 Å². The molecule has 0 N–H and O–H groups in total. The van der Waals surface area contributed by atoms with Gasteiger partial charge in [-0.15, -0.1) is 0 Å². The fourth-order valence-electron chi connectivity index (χ4n) is 6.15. The summed E-state index contributed by atoms with van der Waals surface area (Å²) in [5.74, 6) is 1.19. The summed E-state index contributed by atoms with van der Waals surface area (Å²) in [7, 11) is 0. The van der Waals surface area contributed by atoms with Gasteiger partial charge in [-0.2, -0.15) is 0 Å². The average Bonchev–Trinajstić information content (AvgIpc) is 2.82. The van der Waals surface area contributed by atoms with Crippen molar-refractivity contribution in [3.8, 4) is 0 Å². The van der Waals surface area contributed by atoms with Crippen LogP contribution in [0.4, 0.5) is 0 Å². The summed E-state index contributed by atoms with van der Waals surface area (Å²) in [5.41, 5.74) is 1.75. The van der Waals surface area contributed by atoms with Crippen LogP contribution in [0.5, 0.6) is 0 Å². The number of carbonyl (C=O) groups is 1. The Labute approximate surface area is 146 Å². The van der Waals surface area contributed by atoms with Crippen LogP contribution >= 0.6 is 0 Å². The second-order valence-corrected chi connectivity index (χ2v) is 9.24. The van der Waals surface area contributed by atoms with Gasteiger partial charge in [0.2, 0.25) is 0 Å². The molecule has 2 aliphatic carbocycles. The highest BCUT2D eigenvalue weighted by molar-refractivity contribution is 5.75. The number of rotatable bonds is 2. The van der Waals surface area contributed by atoms with E-state index in [-0.39, 0.29) is 18.0 Å². The Bertz CT molecular complexity index is 530. The molecule has 0 spiro atoms. The monoisotopic (exact) mass is 331 g/mol. The Morgan fingerprint density at radius 1 is 1.33 bits per heavy atom. The summed E-state index contributed by atoms with van der Waals surface area (Å²) < 4.78 is 5.91. The van der Waals surface area contributed by atoms with Crippen molar-refractivity contribution in [1.82, 2.24) is 4.90 Å². The van der Waals surface area contributed by atoms with Crippen LogP contribution in [-0.4, -0.2) is 36.1 Å². The van der Waals surface area contributed by atoms with E-state index in [1.165, 1.54) is 44.1 Å². The smallest absolute Gasteiger partial charge is 0.310 e. The van der Waals surface area contributed by atoms with Gasteiger partial charge in [-0.1, -0.05) is 25.5 Å². The van der Waals surface area contributed by atoms with E-state index in [0.717, 1.165) is 25.9 Å². The van der Waals surface area contributed by atoms with Crippen molar-refractivity contribution in [2.24, 2.45) is 23.2 Å². The number of esters is 1. The summed E-state index contributed by atoms with van der Waals surface area (Å²) in [6, 6.07) is 0.615. The molecule has 3 heteroatoms. The van der Waals surface area contributed by atoms with Gasteiger partial charge in [0.25, 0.3) is 0 Å². The highest BCUT2D eigenvalue weighted by atomic mass is 16.6. The third kappa shape index (κ3) is 2.73. The van der Waals surface area contributed by atoms with Crippen molar-refractivity contribution in [3.63, 3.8) is 0 Å². The highest BCUT2D eigenvalue weighted by Gasteiger charge is 2.55. The lowest BCUT2D eigenvalue weighted by molar-refractivity contribution is -0.146. The number of hydrogen-bond donors (Lipinski definition) is 0. The number of fused-ring (bicyclic) bond motifs is 2. The molecule has 0 bridgehead atoms. The van der Waals surface area contributed by atoms with E-state index >= 15 is 0 Å². The van der Waals surface area contributed by atoms with Crippen molar-refractivity contribution in [2.45, 2.75) is 77.4 Å². The molecular formula is C21H33NO2. The zero-order chi connectivity index (χ0) is 16.9. The fourth-order valence-corrected chi connectivity index (χ4v) is 6.15. The van der Waals surface area contributed by atoms with E-state index in [4.69, 9.17) is 4.74 Å². The van der Waals surface area contributed by atoms with E-state index < -0.39 is 0 Å². The molecule has 2 heterocycles. The molecule has 4 fully saturated rings. The van der Waals surface area contributed by atoms with Crippen LogP contribution in [0.15, 0.2) is 12.2 Å². The van der Waals surface area contributed by atoms with E-state index in [1.54, 1.807) is 0 Å². The van der Waals surface area contributed by atoms with Gasteiger partial charge in [0, 0.05) is 18.5 Å². The van der Waals surface area contributed by atoms with Crippen LogP contribution in [0.25, 0.3) is 0 Å². The minimum absolute atomic E-state index is 0.0793. The van der Waals surface area contributed by atoms with E-state index in [9.17, 15) is 4.79 Å². The number of allylic oxidation sites excluding steroid dienone is 1. The minimum Gasteiger partial charge on any atom is -0.462 e. The van der Waals surface area contributed by atoms with E-state index in [1.807, 2.05) is 0 Å². The van der Waals surface area contributed by atoms with Gasteiger partial charge in [0.1, 0.15) is 6.10 Å². The number of nitrogens with zero attached hydrogens (tertiary/aromatic N) is 1. The third-order valence-electron chi connectivity index (χ3n) is 7.69. The summed E-state index contributed by atoms with van der Waals surface area (Å²) in [5, 5.41) is 0. The topological polar surface area (TPSA) is 29.5 Å². The minimum atomic E-state index is 0.0793. The van der Waals surface area contributed by atoms with Crippen molar-refractivity contribution in [3.05, 3.63) is 12.2 Å². The molecule has 24 heavy (non-hydrogen) atoms. The van der Waals surface area contributed by atoms with Crippen LogP contribution in [-0.2, 0) is 9.53 Å². The van der Waals surface area contributed by atoms with Crippen LogP contribution in [0.3, 0.4) is 0 Å². The number of carbonyl (C=O) groups excluding carboxylic acids is 1. The Hall–Kier alpha value is -0.830. The molecule has 0 aromatic rings. The van der Waals surface area contributed by atoms with Gasteiger partial charge >= 0.3 is 5.97 Å². The summed E-state index contributed by atoms with van der Waals surface area (Å²) in [6.07, 6.45) is 9.93. The first-order valence-corrected chi connectivity index (χ1v) is 10.1. The number of likely N-dealkylation sites (tertiary alicyclic amines) is 1. The number of ether oxygens (including phenoxy) is 1. The van der Waals surface area contributed by atoms with Gasteiger partial charge < -0.3 is 4.74 Å². The molecule has 2 saturated carbocycles. The molecule has 0 aromatic heterocycles. The van der Waals surface area contributed by atoms with E-state index in [0.29, 0.717) is 23.3 Å². The SMILES string of the molecule is C=C1CCC[C@]2(C)C[C@H]3OC(=O)[C@H](CN4CCCC[C@@H]4C)[C@H]3C[C@H]12. The van der Waals surface area contributed by atoms with Crippen LogP contribution in [0.2, 0.25) is 0 Å². The van der Waals surface area contributed by atoms with Gasteiger partial charge in [0.05, 0.1) is 5.92 Å². The zero-order valence-corrected chi connectivity index (χ0v) is 15.4. The Balaban J connectivity index is 1.51. The standard InChI is InChI=1S/C21H33NO2/c1-14-7-6-9-21(3)12-19-16(11-18(14)21)17(20(23)24-19)13-22-10-5-4-8-15(22)2/h15-19H,1,4-13H2,2-3H3/t15-,16+,17+,18+,19+,21+/m0/s1. The number of piperidine rings is 1. The van der Waals surface area contributed by atoms with Gasteiger partial charge in [-0.05, 0) is 69.7 Å². The van der Waals surface area contributed by atoms with Crippen molar-refractivity contribution in [1.29, 1.82) is 0 Å². The van der Waals surface area contributed by atoms with Crippen LogP contribution in [0, 0.1) is 23.2 Å². The maximum atomic E-state index is 12.6. The molecule has 2 saturated heterocycles. The van der Waals surface area contributed by atoms with Crippen molar-refractivity contribution < 1.29 is 9.53 Å². The number of hydrogen-bond acceptors (Lipinski definition) is 3. The molecule has 4 rings (SSSR count). The van der Waals surface area contributed by atoms with Crippen LogP contribution in [0.1, 0.15) is 65.2 Å². The highest BCUT2D eigenvalue weighted by Crippen LogP contribution is 2.57. The first-order chi connectivity index (χ1) is 11.5. The Morgan fingerprint density at radius 2 is 2.17 bits per heavy atom. The third-order valence-corrected chi connectivity index (χ3v) is 7.69.